The number of rotatable bonds is 7. The predicted octanol–water partition coefficient (Wildman–Crippen LogP) is 5.74. The molecule has 3 rings (SSSR count). The van der Waals surface area contributed by atoms with Gasteiger partial charge in [-0.25, -0.2) is 9.97 Å². The lowest BCUT2D eigenvalue weighted by Crippen LogP contribution is -2.42. The summed E-state index contributed by atoms with van der Waals surface area (Å²) in [7, 11) is 0. The summed E-state index contributed by atoms with van der Waals surface area (Å²) >= 11 is 0.526. The van der Waals surface area contributed by atoms with Crippen LogP contribution >= 0.6 is 11.3 Å². The zero-order chi connectivity index (χ0) is 30.5. The number of likely N-dealkylation sites (tertiary alicyclic amines) is 1. The lowest BCUT2D eigenvalue weighted by atomic mass is 10.0. The standard InChI is InChI=1S/C23H27F6N5O3S.C2H6/c1-12-6-4-5-7-34(12)20(36)16-17(38-19(33-16)18(35)32-10-21(2,3)37)13-9-30-15(31-11-22(24,25)26)8-14(13)23(27,28)29;1-2/h8-9,12,37H,4-7,10-11H2,1-3H3,(H,30,31)(H,32,35);1-2H3. The van der Waals surface area contributed by atoms with Gasteiger partial charge >= 0.3 is 12.4 Å². The largest absolute Gasteiger partial charge is 0.417 e. The molecule has 8 nitrogen and oxygen atoms in total. The van der Waals surface area contributed by atoms with Gasteiger partial charge in [0, 0.05) is 30.9 Å². The van der Waals surface area contributed by atoms with E-state index in [1.807, 2.05) is 19.2 Å². The Hall–Kier alpha value is -2.94. The average Bonchev–Trinajstić information content (AvgIpc) is 3.31. The fraction of sp³-hybridized carbons (Fsp3) is 0.600. The van der Waals surface area contributed by atoms with Crippen molar-refractivity contribution in [1.29, 1.82) is 0 Å². The number of alkyl halides is 6. The second-order valence-electron chi connectivity index (χ2n) is 9.62. The summed E-state index contributed by atoms with van der Waals surface area (Å²) in [6, 6.07) is 0.208. The number of hydrogen-bond donors (Lipinski definition) is 3. The van der Waals surface area contributed by atoms with E-state index >= 15 is 0 Å². The van der Waals surface area contributed by atoms with Gasteiger partial charge in [0.2, 0.25) is 0 Å². The smallest absolute Gasteiger partial charge is 0.389 e. The molecule has 1 fully saturated rings. The molecule has 1 aliphatic rings. The van der Waals surface area contributed by atoms with E-state index in [9.17, 15) is 41.0 Å². The van der Waals surface area contributed by atoms with E-state index in [0.717, 1.165) is 6.42 Å². The molecule has 0 aliphatic carbocycles. The minimum atomic E-state index is -5.03. The average molecular weight is 598 g/mol. The van der Waals surface area contributed by atoms with Crippen LogP contribution in [0, 0.1) is 0 Å². The topological polar surface area (TPSA) is 107 Å². The molecule has 224 valence electrons. The van der Waals surface area contributed by atoms with E-state index in [2.05, 4.69) is 15.3 Å². The quantitative estimate of drug-likeness (QED) is 0.352. The van der Waals surface area contributed by atoms with Crippen molar-refractivity contribution in [1.82, 2.24) is 20.2 Å². The highest BCUT2D eigenvalue weighted by atomic mass is 32.1. The number of thiazole rings is 1. The third-order valence-electron chi connectivity index (χ3n) is 5.69. The minimum absolute atomic E-state index is 0.192. The maximum atomic E-state index is 14.1. The summed E-state index contributed by atoms with van der Waals surface area (Å²) in [4.78, 5) is 35.1. The summed E-state index contributed by atoms with van der Waals surface area (Å²) < 4.78 is 79.9. The number of carbonyl (C=O) groups is 2. The van der Waals surface area contributed by atoms with E-state index in [1.165, 1.54) is 18.7 Å². The van der Waals surface area contributed by atoms with Crippen LogP contribution in [0.1, 0.15) is 79.7 Å². The molecule has 0 radical (unpaired) electrons. The Kier molecular flexibility index (Phi) is 10.9. The number of anilines is 1. The van der Waals surface area contributed by atoms with Gasteiger partial charge in [-0.3, -0.25) is 9.59 Å². The predicted molar refractivity (Wildman–Crippen MR) is 139 cm³/mol. The van der Waals surface area contributed by atoms with Crippen LogP contribution in [0.15, 0.2) is 12.3 Å². The van der Waals surface area contributed by atoms with E-state index in [1.54, 1.807) is 6.92 Å². The van der Waals surface area contributed by atoms with E-state index in [4.69, 9.17) is 0 Å². The van der Waals surface area contributed by atoms with Crippen molar-refractivity contribution >= 4 is 29.0 Å². The Morgan fingerprint density at radius 1 is 1.12 bits per heavy atom. The van der Waals surface area contributed by atoms with Crippen LogP contribution in [0.2, 0.25) is 0 Å². The van der Waals surface area contributed by atoms with Crippen LogP contribution in [-0.4, -0.2) is 69.2 Å². The number of halogens is 6. The monoisotopic (exact) mass is 597 g/mol. The Morgan fingerprint density at radius 3 is 2.33 bits per heavy atom. The summed E-state index contributed by atoms with van der Waals surface area (Å²) in [5.41, 5.74) is -3.61. The molecule has 3 heterocycles. The molecule has 2 aromatic rings. The van der Waals surface area contributed by atoms with Gasteiger partial charge in [0.25, 0.3) is 11.8 Å². The second kappa shape index (κ2) is 13.1. The van der Waals surface area contributed by atoms with Crippen molar-refractivity contribution in [3.8, 4) is 10.4 Å². The first-order chi connectivity index (χ1) is 18.5. The molecular weight excluding hydrogens is 564 g/mol. The van der Waals surface area contributed by atoms with Crippen molar-refractivity contribution in [2.45, 2.75) is 77.9 Å². The highest BCUT2D eigenvalue weighted by Gasteiger charge is 2.38. The van der Waals surface area contributed by atoms with Crippen molar-refractivity contribution in [2.75, 3.05) is 25.0 Å². The molecule has 15 heteroatoms. The molecule has 40 heavy (non-hydrogen) atoms. The minimum Gasteiger partial charge on any atom is -0.389 e. The first-order valence-corrected chi connectivity index (χ1v) is 13.5. The maximum Gasteiger partial charge on any atom is 0.417 e. The molecule has 0 spiro atoms. The Labute approximate surface area is 232 Å². The molecule has 1 atom stereocenters. The highest BCUT2D eigenvalue weighted by Crippen LogP contribution is 2.42. The van der Waals surface area contributed by atoms with Crippen LogP contribution < -0.4 is 10.6 Å². The lowest BCUT2D eigenvalue weighted by molar-refractivity contribution is -0.137. The fourth-order valence-corrected chi connectivity index (χ4v) is 4.81. The van der Waals surface area contributed by atoms with Gasteiger partial charge in [-0.2, -0.15) is 26.3 Å². The van der Waals surface area contributed by atoms with E-state index in [-0.39, 0.29) is 28.2 Å². The van der Waals surface area contributed by atoms with Crippen LogP contribution in [0.5, 0.6) is 0 Å². The molecule has 3 N–H and O–H groups in total. The number of aliphatic hydroxyl groups is 1. The van der Waals surface area contributed by atoms with Gasteiger partial charge in [-0.05, 0) is 46.1 Å². The van der Waals surface area contributed by atoms with E-state index < -0.39 is 53.3 Å². The van der Waals surface area contributed by atoms with E-state index in [0.29, 0.717) is 43.0 Å². The molecule has 0 bridgehead atoms. The third-order valence-corrected chi connectivity index (χ3v) is 6.78. The molecule has 1 saturated heterocycles. The highest BCUT2D eigenvalue weighted by molar-refractivity contribution is 7.17. The SMILES string of the molecule is CC.CC1CCCCN1C(=O)c1nc(C(=O)NCC(C)(C)O)sc1-c1cnc(NCC(F)(F)F)cc1C(F)(F)F. The number of pyridine rings is 1. The third kappa shape index (κ3) is 9.04. The van der Waals surface area contributed by atoms with Gasteiger partial charge in [0.1, 0.15) is 18.1 Å². The molecule has 0 saturated carbocycles. The number of amides is 2. The number of piperidine rings is 1. The Balaban J connectivity index is 0.00000274. The van der Waals surface area contributed by atoms with Gasteiger partial charge in [-0.1, -0.05) is 13.8 Å². The molecule has 1 aliphatic heterocycles. The van der Waals surface area contributed by atoms with Crippen molar-refractivity contribution in [3.63, 3.8) is 0 Å². The van der Waals surface area contributed by atoms with Crippen LogP contribution in [0.3, 0.4) is 0 Å². The summed E-state index contributed by atoms with van der Waals surface area (Å²) in [5.74, 6) is -2.14. The molecular formula is C25H33F6N5O3S. The first-order valence-electron chi connectivity index (χ1n) is 12.7. The maximum absolute atomic E-state index is 14.1. The summed E-state index contributed by atoms with van der Waals surface area (Å²) in [6.45, 7) is 7.22. The van der Waals surface area contributed by atoms with Crippen molar-refractivity contribution in [3.05, 3.63) is 28.5 Å². The van der Waals surface area contributed by atoms with Crippen LogP contribution in [0.25, 0.3) is 10.4 Å². The number of hydrogen-bond acceptors (Lipinski definition) is 7. The second-order valence-corrected chi connectivity index (χ2v) is 10.6. The van der Waals surface area contributed by atoms with Gasteiger partial charge in [0.15, 0.2) is 5.01 Å². The zero-order valence-corrected chi connectivity index (χ0v) is 23.6. The van der Waals surface area contributed by atoms with Crippen LogP contribution in [-0.2, 0) is 6.18 Å². The lowest BCUT2D eigenvalue weighted by Gasteiger charge is -2.33. The Morgan fingerprint density at radius 2 is 1.77 bits per heavy atom. The number of carbonyl (C=O) groups excluding carboxylic acids is 2. The molecule has 1 unspecified atom stereocenters. The fourth-order valence-electron chi connectivity index (χ4n) is 3.81. The Bertz CT molecular complexity index is 1180. The normalized spacial score (nSPS) is 16.2. The molecule has 2 amide bonds. The number of aromatic nitrogens is 2. The van der Waals surface area contributed by atoms with Gasteiger partial charge in [-0.15, -0.1) is 11.3 Å². The van der Waals surface area contributed by atoms with Crippen LogP contribution in [0.4, 0.5) is 32.2 Å². The molecule has 0 aromatic carbocycles. The number of nitrogens with one attached hydrogen (secondary N) is 2. The summed E-state index contributed by atoms with van der Waals surface area (Å²) in [5, 5.41) is 13.8. The number of nitrogens with zero attached hydrogens (tertiary/aromatic N) is 3. The first kappa shape index (κ1) is 33.3. The molecule has 2 aromatic heterocycles. The van der Waals surface area contributed by atoms with Crippen molar-refractivity contribution < 1.29 is 41.0 Å². The van der Waals surface area contributed by atoms with Crippen molar-refractivity contribution in [2.24, 2.45) is 0 Å². The summed E-state index contributed by atoms with van der Waals surface area (Å²) in [6.07, 6.45) is -6.77. The zero-order valence-electron chi connectivity index (χ0n) is 22.8. The van der Waals surface area contributed by atoms with Gasteiger partial charge in [0.05, 0.1) is 16.0 Å². The van der Waals surface area contributed by atoms with Gasteiger partial charge < -0.3 is 20.6 Å².